The van der Waals surface area contributed by atoms with Crippen molar-refractivity contribution in [1.29, 1.82) is 0 Å². The largest absolute Gasteiger partial charge is 0.508 e. The van der Waals surface area contributed by atoms with Crippen molar-refractivity contribution in [3.63, 3.8) is 0 Å². The second-order valence-electron chi connectivity index (χ2n) is 6.08. The topological polar surface area (TPSA) is 38.7 Å². The van der Waals surface area contributed by atoms with Gasteiger partial charge in [-0.25, -0.2) is 0 Å². The van der Waals surface area contributed by atoms with E-state index in [1.165, 1.54) is 0 Å². The summed E-state index contributed by atoms with van der Waals surface area (Å²) in [6.45, 7) is 6.15. The third-order valence-electron chi connectivity index (χ3n) is 3.74. The van der Waals surface area contributed by atoms with Gasteiger partial charge in [0.1, 0.15) is 5.75 Å². The fraction of sp³-hybridized carbons (Fsp3) is 0.375. The van der Waals surface area contributed by atoms with Gasteiger partial charge in [0.25, 0.3) is 0 Å². The molecule has 1 aliphatic rings. The first-order valence-electron chi connectivity index (χ1n) is 7.00. The number of benzene rings is 2. The Morgan fingerprint density at radius 2 is 1.95 bits per heavy atom. The molecule has 2 aromatic carbocycles. The Morgan fingerprint density at radius 3 is 2.70 bits per heavy atom. The Kier molecular flexibility index (Phi) is 3.23. The predicted molar refractivity (Wildman–Crippen MR) is 81.3 cm³/mol. The van der Waals surface area contributed by atoms with E-state index in [2.05, 4.69) is 13.8 Å². The molecule has 1 heterocycles. The van der Waals surface area contributed by atoms with Gasteiger partial charge in [-0.2, -0.15) is 0 Å². The molecule has 104 valence electrons. The molecule has 3 rings (SSSR count). The van der Waals surface area contributed by atoms with Gasteiger partial charge in [-0.05, 0) is 44.0 Å². The molecule has 0 amide bonds. The van der Waals surface area contributed by atoms with Crippen LogP contribution in [0.15, 0.2) is 36.4 Å². The highest BCUT2D eigenvalue weighted by Crippen LogP contribution is 2.28. The van der Waals surface area contributed by atoms with Gasteiger partial charge < -0.3 is 14.4 Å². The lowest BCUT2D eigenvalue weighted by molar-refractivity contribution is -0.0229. The number of hydrogen-bond acceptors (Lipinski definition) is 3. The van der Waals surface area contributed by atoms with Crippen LogP contribution in [0, 0.1) is 0 Å². The number of fused-ring (bicyclic) bond motifs is 1. The Bertz CT molecular complexity index is 639. The van der Waals surface area contributed by atoms with Gasteiger partial charge >= 0.3 is 7.12 Å². The second-order valence-corrected chi connectivity index (χ2v) is 6.08. The zero-order valence-corrected chi connectivity index (χ0v) is 12.1. The molecular formula is C16H19BO3. The first kappa shape index (κ1) is 13.5. The minimum Gasteiger partial charge on any atom is -0.508 e. The number of phenolic OH excluding ortho intramolecular Hbond substituents is 1. The summed E-state index contributed by atoms with van der Waals surface area (Å²) in [4.78, 5) is 0. The summed E-state index contributed by atoms with van der Waals surface area (Å²) in [5.74, 6) is 0.221. The quantitative estimate of drug-likeness (QED) is 0.810. The van der Waals surface area contributed by atoms with E-state index in [0.717, 1.165) is 22.7 Å². The lowest BCUT2D eigenvalue weighted by Crippen LogP contribution is -2.52. The smallest absolute Gasteiger partial charge is 0.498 e. The van der Waals surface area contributed by atoms with Crippen molar-refractivity contribution in [2.45, 2.75) is 38.9 Å². The normalized spacial score (nSPS) is 22.1. The van der Waals surface area contributed by atoms with E-state index in [-0.39, 0.29) is 17.5 Å². The van der Waals surface area contributed by atoms with Crippen LogP contribution in [0.3, 0.4) is 0 Å². The van der Waals surface area contributed by atoms with Crippen molar-refractivity contribution in [1.82, 2.24) is 0 Å². The van der Waals surface area contributed by atoms with Crippen LogP contribution in [0.4, 0.5) is 0 Å². The van der Waals surface area contributed by atoms with E-state index < -0.39 is 7.12 Å². The van der Waals surface area contributed by atoms with Crippen molar-refractivity contribution in [3.8, 4) is 5.75 Å². The van der Waals surface area contributed by atoms with Gasteiger partial charge in [-0.15, -0.1) is 0 Å². The van der Waals surface area contributed by atoms with Crippen LogP contribution in [0.1, 0.15) is 27.2 Å². The van der Waals surface area contributed by atoms with Crippen LogP contribution < -0.4 is 5.46 Å². The van der Waals surface area contributed by atoms with E-state index in [4.69, 9.17) is 9.31 Å². The average Bonchev–Trinajstić information content (AvgIpc) is 2.36. The molecule has 1 atom stereocenters. The lowest BCUT2D eigenvalue weighted by Gasteiger charge is -2.38. The van der Waals surface area contributed by atoms with Crippen molar-refractivity contribution in [2.75, 3.05) is 0 Å². The fourth-order valence-corrected chi connectivity index (χ4v) is 2.98. The molecule has 0 saturated carbocycles. The molecule has 1 aliphatic heterocycles. The maximum atomic E-state index is 10.3. The maximum Gasteiger partial charge on any atom is 0.498 e. The van der Waals surface area contributed by atoms with Gasteiger partial charge in [-0.1, -0.05) is 30.3 Å². The highest BCUT2D eigenvalue weighted by atomic mass is 16.6. The Morgan fingerprint density at radius 1 is 1.20 bits per heavy atom. The minimum absolute atomic E-state index is 0.0992. The third kappa shape index (κ3) is 2.41. The van der Waals surface area contributed by atoms with Gasteiger partial charge in [0.15, 0.2) is 0 Å². The summed E-state index contributed by atoms with van der Waals surface area (Å²) in [6.07, 6.45) is 0.941. The first-order valence-corrected chi connectivity index (χ1v) is 7.00. The van der Waals surface area contributed by atoms with Crippen LogP contribution in [-0.2, 0) is 9.31 Å². The van der Waals surface area contributed by atoms with Crippen LogP contribution in [0.5, 0.6) is 5.75 Å². The summed E-state index contributed by atoms with van der Waals surface area (Å²) in [5, 5.41) is 12.3. The number of hydrogen-bond donors (Lipinski definition) is 1. The molecule has 1 unspecified atom stereocenters. The highest BCUT2D eigenvalue weighted by Gasteiger charge is 2.40. The molecule has 1 fully saturated rings. The van der Waals surface area contributed by atoms with E-state index in [1.807, 2.05) is 37.3 Å². The van der Waals surface area contributed by atoms with Gasteiger partial charge in [0, 0.05) is 11.6 Å². The number of rotatable bonds is 1. The number of aromatic hydroxyl groups is 1. The summed E-state index contributed by atoms with van der Waals surface area (Å²) in [5.41, 5.74) is 0.467. The zero-order valence-electron chi connectivity index (χ0n) is 12.1. The molecule has 3 nitrogen and oxygen atoms in total. The standard InChI is InChI=1S/C16H19BO3/c1-11-10-16(2,3)20-17(19-11)15-13-7-5-4-6-12(13)8-9-14(15)18/h4-9,11,18H,10H2,1-3H3. The molecule has 0 radical (unpaired) electrons. The minimum atomic E-state index is -0.528. The molecule has 2 aromatic rings. The first-order chi connectivity index (χ1) is 9.46. The van der Waals surface area contributed by atoms with Gasteiger partial charge in [-0.3, -0.25) is 0 Å². The molecular weight excluding hydrogens is 251 g/mol. The van der Waals surface area contributed by atoms with E-state index >= 15 is 0 Å². The molecule has 0 bridgehead atoms. The van der Waals surface area contributed by atoms with E-state index in [9.17, 15) is 5.11 Å². The maximum absolute atomic E-state index is 10.3. The molecule has 0 spiro atoms. The summed E-state index contributed by atoms with van der Waals surface area (Å²) >= 11 is 0. The molecule has 1 N–H and O–H groups in total. The fourth-order valence-electron chi connectivity index (χ4n) is 2.98. The Labute approximate surface area is 119 Å². The second kappa shape index (κ2) is 4.79. The van der Waals surface area contributed by atoms with E-state index in [1.54, 1.807) is 6.07 Å². The molecule has 4 heteroatoms. The molecule has 20 heavy (non-hydrogen) atoms. The average molecular weight is 270 g/mol. The predicted octanol–water partition coefficient (Wildman–Crippen LogP) is 2.84. The molecule has 0 aromatic heterocycles. The summed E-state index contributed by atoms with van der Waals surface area (Å²) in [6, 6.07) is 11.6. The van der Waals surface area contributed by atoms with Crippen LogP contribution in [0.25, 0.3) is 10.8 Å². The lowest BCUT2D eigenvalue weighted by atomic mass is 9.72. The van der Waals surface area contributed by atoms with Crippen molar-refractivity contribution < 1.29 is 14.4 Å². The van der Waals surface area contributed by atoms with E-state index in [0.29, 0.717) is 0 Å². The summed E-state index contributed by atoms with van der Waals surface area (Å²) in [7, 11) is -0.528. The van der Waals surface area contributed by atoms with Gasteiger partial charge in [0.05, 0.1) is 5.60 Å². The Balaban J connectivity index is 2.11. The van der Waals surface area contributed by atoms with Crippen LogP contribution in [-0.4, -0.2) is 23.9 Å². The zero-order chi connectivity index (χ0) is 14.3. The van der Waals surface area contributed by atoms with Crippen molar-refractivity contribution in [3.05, 3.63) is 36.4 Å². The molecule has 0 aliphatic carbocycles. The van der Waals surface area contributed by atoms with Crippen molar-refractivity contribution in [2.24, 2.45) is 0 Å². The summed E-state index contributed by atoms with van der Waals surface area (Å²) < 4.78 is 12.0. The third-order valence-corrected chi connectivity index (χ3v) is 3.74. The van der Waals surface area contributed by atoms with Crippen molar-refractivity contribution >= 4 is 23.4 Å². The van der Waals surface area contributed by atoms with Crippen LogP contribution >= 0.6 is 0 Å². The van der Waals surface area contributed by atoms with Gasteiger partial charge in [0.2, 0.25) is 0 Å². The monoisotopic (exact) mass is 270 g/mol. The van der Waals surface area contributed by atoms with Crippen LogP contribution in [0.2, 0.25) is 0 Å². The molecule has 1 saturated heterocycles. The highest BCUT2D eigenvalue weighted by molar-refractivity contribution is 6.65. The number of phenols is 1. The SMILES string of the molecule is CC1CC(C)(C)OB(c2c(O)ccc3ccccc23)O1. The Hall–Kier alpha value is -1.52.